The first-order chi connectivity index (χ1) is 17.1. The molecule has 35 heavy (non-hydrogen) atoms. The number of carbonyl (C=O) groups is 2. The van der Waals surface area contributed by atoms with Crippen molar-refractivity contribution in [2.75, 3.05) is 25.1 Å². The Bertz CT molecular complexity index is 1040. The van der Waals surface area contributed by atoms with Crippen LogP contribution in [0.4, 0.5) is 11.5 Å². The van der Waals surface area contributed by atoms with Gasteiger partial charge in [0.05, 0.1) is 11.3 Å². The second-order valence-corrected chi connectivity index (χ2v) is 8.28. The first-order valence-electron chi connectivity index (χ1n) is 11.9. The Hall–Kier alpha value is -3.72. The maximum Gasteiger partial charge on any atom is 0.326 e. The van der Waals surface area contributed by atoms with Crippen LogP contribution in [0.25, 0.3) is 0 Å². The number of carbonyl (C=O) groups excluding carboxylic acids is 1. The number of nitrogens with two attached hydrogens (primary N) is 1. The van der Waals surface area contributed by atoms with Crippen LogP contribution in [0.5, 0.6) is 0 Å². The van der Waals surface area contributed by atoms with E-state index in [-0.39, 0.29) is 18.6 Å². The van der Waals surface area contributed by atoms with Gasteiger partial charge in [0.1, 0.15) is 11.9 Å². The number of unbranched alkanes of at least 4 members (excludes halogenated alkanes) is 1. The summed E-state index contributed by atoms with van der Waals surface area (Å²) in [7, 11) is 0. The van der Waals surface area contributed by atoms with Crippen LogP contribution in [-0.2, 0) is 27.2 Å². The lowest BCUT2D eigenvalue weighted by Gasteiger charge is -2.17. The molecule has 1 aromatic heterocycles. The Morgan fingerprint density at radius 3 is 2.80 bits per heavy atom. The van der Waals surface area contributed by atoms with E-state index in [0.29, 0.717) is 12.3 Å². The minimum Gasteiger partial charge on any atom is -0.480 e. The summed E-state index contributed by atoms with van der Waals surface area (Å²) in [5.74, 6) is -0.734. The highest BCUT2D eigenvalue weighted by Crippen LogP contribution is 2.20. The van der Waals surface area contributed by atoms with Gasteiger partial charge >= 0.3 is 5.97 Å². The molecule has 3 rings (SSSR count). The van der Waals surface area contributed by atoms with Crippen LogP contribution < -0.4 is 16.4 Å². The van der Waals surface area contributed by atoms with Gasteiger partial charge in [-0.1, -0.05) is 24.3 Å². The number of hydrogen-bond acceptors (Lipinski definition) is 7. The normalized spacial score (nSPS) is 14.2. The van der Waals surface area contributed by atoms with E-state index < -0.39 is 17.9 Å². The highest BCUT2D eigenvalue weighted by molar-refractivity contribution is 6.13. The zero-order valence-corrected chi connectivity index (χ0v) is 19.8. The van der Waals surface area contributed by atoms with Crippen LogP contribution in [0, 0.1) is 0 Å². The van der Waals surface area contributed by atoms with E-state index >= 15 is 0 Å². The topological polar surface area (TPSA) is 139 Å². The first kappa shape index (κ1) is 25.9. The van der Waals surface area contributed by atoms with Crippen molar-refractivity contribution in [3.05, 3.63) is 65.5 Å². The molecule has 0 saturated carbocycles. The Kier molecular flexibility index (Phi) is 10.3. The summed E-state index contributed by atoms with van der Waals surface area (Å²) in [6, 6.07) is 12.2. The predicted octanol–water partition coefficient (Wildman–Crippen LogP) is 2.98. The van der Waals surface area contributed by atoms with Crippen LogP contribution in [0.15, 0.2) is 59.2 Å². The fourth-order valence-corrected chi connectivity index (χ4v) is 3.66. The number of benzene rings is 1. The van der Waals surface area contributed by atoms with Crippen molar-refractivity contribution in [3.8, 4) is 0 Å². The van der Waals surface area contributed by atoms with Gasteiger partial charge in [-0.15, -0.1) is 0 Å². The van der Waals surface area contributed by atoms with E-state index in [0.717, 1.165) is 56.4 Å². The quantitative estimate of drug-likeness (QED) is 0.197. The lowest BCUT2D eigenvalue weighted by Crippen LogP contribution is -2.42. The number of carboxylic acid groups (broad SMARTS) is 1. The molecule has 1 aromatic carbocycles. The Balaban J connectivity index is 1.35. The average molecular weight is 480 g/mol. The third kappa shape index (κ3) is 8.53. The van der Waals surface area contributed by atoms with Crippen molar-refractivity contribution in [1.82, 2.24) is 10.3 Å². The molecule has 1 amide bonds. The second kappa shape index (κ2) is 13.9. The fraction of sp³-hybridized carbons (Fsp3) is 0.385. The maximum absolute atomic E-state index is 12.4. The molecule has 9 heteroatoms. The number of para-hydroxylation sites is 1. The number of aromatic nitrogens is 1. The average Bonchev–Trinajstić information content (AvgIpc) is 2.88. The predicted molar refractivity (Wildman–Crippen MR) is 136 cm³/mol. The lowest BCUT2D eigenvalue weighted by molar-refractivity contribution is -0.141. The van der Waals surface area contributed by atoms with Gasteiger partial charge in [-0.25, -0.2) is 9.78 Å². The number of nitrogens with one attached hydrogen (secondary N) is 2. The molecule has 2 aromatic rings. The van der Waals surface area contributed by atoms with Gasteiger partial charge in [-0.2, -0.15) is 0 Å². The molecule has 0 bridgehead atoms. The zero-order chi connectivity index (χ0) is 24.9. The molecular weight excluding hydrogens is 446 g/mol. The Labute approximate surface area is 205 Å². The molecule has 186 valence electrons. The minimum absolute atomic E-state index is 0.0759. The maximum atomic E-state index is 12.4. The summed E-state index contributed by atoms with van der Waals surface area (Å²) in [6.07, 6.45) is 7.41. The number of fused-ring (bicyclic) bond motifs is 1. The van der Waals surface area contributed by atoms with E-state index in [1.807, 2.05) is 18.2 Å². The molecule has 9 nitrogen and oxygen atoms in total. The van der Waals surface area contributed by atoms with Gasteiger partial charge in [-0.3, -0.25) is 9.79 Å². The van der Waals surface area contributed by atoms with Crippen LogP contribution in [-0.4, -0.2) is 54.0 Å². The molecule has 1 aliphatic heterocycles. The largest absolute Gasteiger partial charge is 0.480 e. The summed E-state index contributed by atoms with van der Waals surface area (Å²) in [5, 5.41) is 15.3. The second-order valence-electron chi connectivity index (χ2n) is 8.28. The number of aliphatic carboxylic acids is 1. The van der Waals surface area contributed by atoms with E-state index in [4.69, 9.17) is 10.5 Å². The first-order valence-corrected chi connectivity index (χ1v) is 11.9. The SMILES string of the molecule is NC=C(C=Nc1ccccc1)C(=O)NC(CCOCCCCc1ccc2c(n1)NCCC2)C(=O)O. The minimum atomic E-state index is -1.13. The van der Waals surface area contributed by atoms with Gasteiger partial charge in [0.15, 0.2) is 0 Å². The molecule has 1 unspecified atom stereocenters. The number of ether oxygens (including phenoxy) is 1. The van der Waals surface area contributed by atoms with Crippen LogP contribution in [0.2, 0.25) is 0 Å². The van der Waals surface area contributed by atoms with Crippen LogP contribution in [0.1, 0.15) is 36.9 Å². The summed E-state index contributed by atoms with van der Waals surface area (Å²) < 4.78 is 5.60. The van der Waals surface area contributed by atoms with Crippen molar-refractivity contribution in [1.29, 1.82) is 0 Å². The lowest BCUT2D eigenvalue weighted by atomic mass is 10.1. The molecular formula is C26H33N5O4. The summed E-state index contributed by atoms with van der Waals surface area (Å²) in [6.45, 7) is 1.71. The molecule has 0 spiro atoms. The van der Waals surface area contributed by atoms with Crippen molar-refractivity contribution < 1.29 is 19.4 Å². The van der Waals surface area contributed by atoms with E-state index in [9.17, 15) is 14.7 Å². The smallest absolute Gasteiger partial charge is 0.326 e. The van der Waals surface area contributed by atoms with Gasteiger partial charge in [-0.05, 0) is 55.9 Å². The number of nitrogens with zero attached hydrogens (tertiary/aromatic N) is 2. The molecule has 0 aliphatic carbocycles. The van der Waals surface area contributed by atoms with E-state index in [1.54, 1.807) is 12.1 Å². The molecule has 1 atom stereocenters. The third-order valence-electron chi connectivity index (χ3n) is 5.63. The van der Waals surface area contributed by atoms with Crippen molar-refractivity contribution in [2.24, 2.45) is 10.7 Å². The molecule has 1 aliphatic rings. The summed E-state index contributed by atoms with van der Waals surface area (Å²) in [5.41, 5.74) is 8.61. The summed E-state index contributed by atoms with van der Waals surface area (Å²) in [4.78, 5) is 32.9. The van der Waals surface area contributed by atoms with Crippen LogP contribution in [0.3, 0.4) is 0 Å². The van der Waals surface area contributed by atoms with Crippen molar-refractivity contribution >= 4 is 29.6 Å². The molecule has 0 saturated heterocycles. The molecule has 0 fully saturated rings. The van der Waals surface area contributed by atoms with Gasteiger partial charge in [0, 0.05) is 44.3 Å². The third-order valence-corrected chi connectivity index (χ3v) is 5.63. The van der Waals surface area contributed by atoms with Crippen LogP contribution >= 0.6 is 0 Å². The number of carboxylic acids is 1. The van der Waals surface area contributed by atoms with Gasteiger partial charge < -0.3 is 26.2 Å². The Morgan fingerprint density at radius 2 is 2.03 bits per heavy atom. The van der Waals surface area contributed by atoms with Gasteiger partial charge in [0.2, 0.25) is 0 Å². The number of amides is 1. The van der Waals surface area contributed by atoms with Crippen molar-refractivity contribution in [3.63, 3.8) is 0 Å². The zero-order valence-electron chi connectivity index (χ0n) is 19.8. The molecule has 0 radical (unpaired) electrons. The van der Waals surface area contributed by atoms with Crippen molar-refractivity contribution in [2.45, 2.75) is 44.6 Å². The molecule has 5 N–H and O–H groups in total. The van der Waals surface area contributed by atoms with Gasteiger partial charge in [0.25, 0.3) is 5.91 Å². The highest BCUT2D eigenvalue weighted by atomic mass is 16.5. The number of anilines is 1. The number of aliphatic imine (C=N–C) groups is 1. The monoisotopic (exact) mass is 479 g/mol. The van der Waals surface area contributed by atoms with E-state index in [1.165, 1.54) is 11.8 Å². The van der Waals surface area contributed by atoms with E-state index in [2.05, 4.69) is 32.7 Å². The summed E-state index contributed by atoms with van der Waals surface area (Å²) >= 11 is 0. The standard InChI is InChI=1S/C26H33N5O4/c27-17-20(18-29-21-8-2-1-3-9-21)25(32)31-23(26(33)34)13-16-35-15-5-4-10-22-12-11-19-7-6-14-28-24(19)30-22/h1-3,8-9,11-12,17-18,23H,4-7,10,13-16,27H2,(H,28,30)(H,31,32)(H,33,34). The fourth-order valence-electron chi connectivity index (χ4n) is 3.66. The number of rotatable bonds is 13. The number of aryl methyl sites for hydroxylation is 2. The Morgan fingerprint density at radius 1 is 1.20 bits per heavy atom. The number of hydrogen-bond donors (Lipinski definition) is 4. The molecule has 2 heterocycles. The highest BCUT2D eigenvalue weighted by Gasteiger charge is 2.21. The number of pyridine rings is 1.